The van der Waals surface area contributed by atoms with Gasteiger partial charge in [0.05, 0.1) is 10.6 Å². The number of halogens is 1. The Hall–Kier alpha value is -1.68. The van der Waals surface area contributed by atoms with E-state index in [0.717, 1.165) is 18.4 Å². The minimum atomic E-state index is -0.400. The summed E-state index contributed by atoms with van der Waals surface area (Å²) in [5.74, 6) is -0.619. The van der Waals surface area contributed by atoms with Gasteiger partial charge < -0.3 is 5.32 Å². The molecule has 0 fully saturated rings. The largest absolute Gasteiger partial charge is 0.319 e. The molecule has 0 atom stereocenters. The lowest BCUT2D eigenvalue weighted by atomic mass is 10.2. The quantitative estimate of drug-likeness (QED) is 0.883. The molecule has 0 aliphatic heterocycles. The fraction of sp³-hybridized carbons (Fsp3) is 0.267. The van der Waals surface area contributed by atoms with Crippen LogP contribution in [0.4, 0.5) is 10.1 Å². The Morgan fingerprint density at radius 3 is 2.95 bits per heavy atom. The molecule has 0 saturated heterocycles. The molecule has 0 radical (unpaired) electrons. The van der Waals surface area contributed by atoms with Crippen LogP contribution < -0.4 is 5.32 Å². The standard InChI is InChI=1S/C15H14FNOS/c1-9-5-6-11(16)12(7-9)17-15(18)14-8-10-3-2-4-13(10)19-14/h5-8H,2-4H2,1H3,(H,17,18). The lowest BCUT2D eigenvalue weighted by Crippen LogP contribution is -2.11. The van der Waals surface area contributed by atoms with Crippen molar-refractivity contribution >= 4 is 22.9 Å². The van der Waals surface area contributed by atoms with Crippen LogP contribution in [0.3, 0.4) is 0 Å². The fourth-order valence-corrected chi connectivity index (χ4v) is 3.51. The average Bonchev–Trinajstić information content (AvgIpc) is 2.94. The Morgan fingerprint density at radius 1 is 1.32 bits per heavy atom. The summed E-state index contributed by atoms with van der Waals surface area (Å²) in [7, 11) is 0. The van der Waals surface area contributed by atoms with Gasteiger partial charge in [-0.05, 0) is 55.5 Å². The van der Waals surface area contributed by atoms with E-state index in [1.807, 2.05) is 13.0 Å². The number of hydrogen-bond donors (Lipinski definition) is 1. The van der Waals surface area contributed by atoms with Gasteiger partial charge in [0.25, 0.3) is 5.91 Å². The third kappa shape index (κ3) is 2.40. The maximum absolute atomic E-state index is 13.6. The molecule has 0 unspecified atom stereocenters. The molecule has 2 aromatic rings. The third-order valence-corrected chi connectivity index (χ3v) is 4.58. The number of fused-ring (bicyclic) bond motifs is 1. The van der Waals surface area contributed by atoms with E-state index in [0.29, 0.717) is 4.88 Å². The number of benzene rings is 1. The SMILES string of the molecule is Cc1ccc(F)c(NC(=O)c2cc3c(s2)CCC3)c1. The van der Waals surface area contributed by atoms with Gasteiger partial charge in [0.2, 0.25) is 0 Å². The summed E-state index contributed by atoms with van der Waals surface area (Å²) in [5, 5.41) is 2.65. The smallest absolute Gasteiger partial charge is 0.265 e. The monoisotopic (exact) mass is 275 g/mol. The average molecular weight is 275 g/mol. The molecule has 1 aliphatic carbocycles. The lowest BCUT2D eigenvalue weighted by molar-refractivity contribution is 0.103. The van der Waals surface area contributed by atoms with E-state index in [1.165, 1.54) is 34.3 Å². The zero-order valence-electron chi connectivity index (χ0n) is 10.6. The summed E-state index contributed by atoms with van der Waals surface area (Å²) in [6.45, 7) is 1.87. The highest BCUT2D eigenvalue weighted by atomic mass is 32.1. The summed E-state index contributed by atoms with van der Waals surface area (Å²) in [6.07, 6.45) is 3.29. The number of carbonyl (C=O) groups is 1. The molecular weight excluding hydrogens is 261 g/mol. The molecule has 1 aliphatic rings. The number of thiophene rings is 1. The molecular formula is C15H14FNOS. The molecule has 1 amide bonds. The van der Waals surface area contributed by atoms with Crippen LogP contribution in [0.15, 0.2) is 24.3 Å². The first-order chi connectivity index (χ1) is 9.13. The van der Waals surface area contributed by atoms with E-state index in [4.69, 9.17) is 0 Å². The summed E-state index contributed by atoms with van der Waals surface area (Å²) in [6, 6.07) is 6.65. The van der Waals surface area contributed by atoms with Crippen molar-refractivity contribution < 1.29 is 9.18 Å². The predicted octanol–water partition coefficient (Wildman–Crippen LogP) is 3.94. The number of anilines is 1. The molecule has 0 bridgehead atoms. The minimum Gasteiger partial charge on any atom is -0.319 e. The fourth-order valence-electron chi connectivity index (χ4n) is 2.36. The van der Waals surface area contributed by atoms with Crippen LogP contribution in [0, 0.1) is 12.7 Å². The van der Waals surface area contributed by atoms with Crippen molar-refractivity contribution in [2.75, 3.05) is 5.32 Å². The van der Waals surface area contributed by atoms with Gasteiger partial charge in [-0.25, -0.2) is 4.39 Å². The summed E-state index contributed by atoms with van der Waals surface area (Å²) in [4.78, 5) is 14.1. The molecule has 0 saturated carbocycles. The van der Waals surface area contributed by atoms with Crippen molar-refractivity contribution in [3.8, 4) is 0 Å². The van der Waals surface area contributed by atoms with Crippen molar-refractivity contribution in [2.24, 2.45) is 0 Å². The van der Waals surface area contributed by atoms with E-state index < -0.39 is 5.82 Å². The molecule has 1 heterocycles. The Labute approximate surface area is 115 Å². The van der Waals surface area contributed by atoms with E-state index in [2.05, 4.69) is 5.32 Å². The van der Waals surface area contributed by atoms with Crippen LogP contribution in [0.2, 0.25) is 0 Å². The van der Waals surface area contributed by atoms with E-state index in [1.54, 1.807) is 12.1 Å². The summed E-state index contributed by atoms with van der Waals surface area (Å²) in [5.41, 5.74) is 2.45. The van der Waals surface area contributed by atoms with Gasteiger partial charge in [0, 0.05) is 4.88 Å². The maximum atomic E-state index is 13.6. The second-order valence-electron chi connectivity index (χ2n) is 4.85. The number of carbonyl (C=O) groups excluding carboxylic acids is 1. The zero-order valence-corrected chi connectivity index (χ0v) is 11.4. The minimum absolute atomic E-state index is 0.219. The maximum Gasteiger partial charge on any atom is 0.265 e. The first-order valence-electron chi connectivity index (χ1n) is 6.32. The number of aryl methyl sites for hydroxylation is 3. The second-order valence-corrected chi connectivity index (χ2v) is 5.99. The second kappa shape index (κ2) is 4.78. The van der Waals surface area contributed by atoms with Crippen LogP contribution in [0.1, 0.15) is 32.1 Å². The zero-order chi connectivity index (χ0) is 13.4. The van der Waals surface area contributed by atoms with Gasteiger partial charge in [-0.15, -0.1) is 11.3 Å². The number of amides is 1. The lowest BCUT2D eigenvalue weighted by Gasteiger charge is -2.06. The molecule has 1 N–H and O–H groups in total. The Morgan fingerprint density at radius 2 is 2.16 bits per heavy atom. The van der Waals surface area contributed by atoms with Gasteiger partial charge in [-0.2, -0.15) is 0 Å². The Balaban J connectivity index is 1.82. The normalized spacial score (nSPS) is 13.4. The Kier molecular flexibility index (Phi) is 3.11. The van der Waals surface area contributed by atoms with Crippen LogP contribution in [-0.4, -0.2) is 5.91 Å². The highest BCUT2D eigenvalue weighted by Gasteiger charge is 2.19. The van der Waals surface area contributed by atoms with Crippen LogP contribution in [0.5, 0.6) is 0 Å². The van der Waals surface area contributed by atoms with Gasteiger partial charge in [0.15, 0.2) is 0 Å². The van der Waals surface area contributed by atoms with E-state index in [9.17, 15) is 9.18 Å². The van der Waals surface area contributed by atoms with Crippen molar-refractivity contribution in [2.45, 2.75) is 26.2 Å². The summed E-state index contributed by atoms with van der Waals surface area (Å²) < 4.78 is 13.6. The number of rotatable bonds is 2. The third-order valence-electron chi connectivity index (χ3n) is 3.34. The molecule has 0 spiro atoms. The highest BCUT2D eigenvalue weighted by Crippen LogP contribution is 2.31. The van der Waals surface area contributed by atoms with Crippen molar-refractivity contribution in [1.82, 2.24) is 0 Å². The van der Waals surface area contributed by atoms with Gasteiger partial charge in [0.1, 0.15) is 5.82 Å². The summed E-state index contributed by atoms with van der Waals surface area (Å²) >= 11 is 1.52. The Bertz CT molecular complexity index is 626. The molecule has 2 nitrogen and oxygen atoms in total. The number of hydrogen-bond acceptors (Lipinski definition) is 2. The van der Waals surface area contributed by atoms with Gasteiger partial charge in [-0.1, -0.05) is 6.07 Å². The number of nitrogens with one attached hydrogen (secondary N) is 1. The van der Waals surface area contributed by atoms with E-state index >= 15 is 0 Å². The molecule has 19 heavy (non-hydrogen) atoms. The van der Waals surface area contributed by atoms with Crippen molar-refractivity contribution in [3.05, 3.63) is 51.0 Å². The molecule has 4 heteroatoms. The predicted molar refractivity (Wildman–Crippen MR) is 75.4 cm³/mol. The van der Waals surface area contributed by atoms with Crippen molar-refractivity contribution in [1.29, 1.82) is 0 Å². The van der Waals surface area contributed by atoms with Gasteiger partial charge in [-0.3, -0.25) is 4.79 Å². The molecule has 1 aromatic carbocycles. The highest BCUT2D eigenvalue weighted by molar-refractivity contribution is 7.14. The van der Waals surface area contributed by atoms with E-state index in [-0.39, 0.29) is 11.6 Å². The first-order valence-corrected chi connectivity index (χ1v) is 7.14. The molecule has 3 rings (SSSR count). The van der Waals surface area contributed by atoms with Gasteiger partial charge >= 0.3 is 0 Å². The topological polar surface area (TPSA) is 29.1 Å². The van der Waals surface area contributed by atoms with Crippen LogP contribution >= 0.6 is 11.3 Å². The molecule has 98 valence electrons. The van der Waals surface area contributed by atoms with Crippen molar-refractivity contribution in [3.63, 3.8) is 0 Å². The van der Waals surface area contributed by atoms with Crippen LogP contribution in [0.25, 0.3) is 0 Å². The first kappa shape index (κ1) is 12.4. The van der Waals surface area contributed by atoms with Crippen LogP contribution in [-0.2, 0) is 12.8 Å². The molecule has 1 aromatic heterocycles.